The summed E-state index contributed by atoms with van der Waals surface area (Å²) in [7, 11) is 0. The summed E-state index contributed by atoms with van der Waals surface area (Å²) in [5.74, 6) is 0.381. The van der Waals surface area contributed by atoms with Gasteiger partial charge in [-0.15, -0.1) is 0 Å². The van der Waals surface area contributed by atoms with Gasteiger partial charge in [0.15, 0.2) is 0 Å². The number of amides is 4. The predicted octanol–water partition coefficient (Wildman–Crippen LogP) is 2.00. The fourth-order valence-corrected chi connectivity index (χ4v) is 3.21. The van der Waals surface area contributed by atoms with Crippen molar-refractivity contribution >= 4 is 17.8 Å². The van der Waals surface area contributed by atoms with Crippen LogP contribution in [0.5, 0.6) is 0 Å². The lowest BCUT2D eigenvalue weighted by Gasteiger charge is -2.21. The van der Waals surface area contributed by atoms with Crippen LogP contribution in [0.2, 0.25) is 0 Å². The summed E-state index contributed by atoms with van der Waals surface area (Å²) in [5.41, 5.74) is 2.37. The van der Waals surface area contributed by atoms with Gasteiger partial charge in [0.25, 0.3) is 5.91 Å². The van der Waals surface area contributed by atoms with Gasteiger partial charge >= 0.3 is 6.03 Å². The third-order valence-electron chi connectivity index (χ3n) is 4.63. The van der Waals surface area contributed by atoms with Gasteiger partial charge in [0.05, 0.1) is 12.6 Å². The lowest BCUT2D eigenvalue weighted by Crippen LogP contribution is -2.42. The van der Waals surface area contributed by atoms with Crippen molar-refractivity contribution in [2.75, 3.05) is 13.1 Å². The summed E-state index contributed by atoms with van der Waals surface area (Å²) in [6.45, 7) is 4.13. The molecule has 1 atom stereocenters. The summed E-state index contributed by atoms with van der Waals surface area (Å²) in [4.78, 5) is 36.5. The summed E-state index contributed by atoms with van der Waals surface area (Å²) < 4.78 is 0. The molecule has 1 saturated carbocycles. The summed E-state index contributed by atoms with van der Waals surface area (Å²) in [6, 6.07) is 7.84. The molecule has 0 bridgehead atoms. The third kappa shape index (κ3) is 4.38. The number of hydrogen-bond donors (Lipinski definition) is 2. The second-order valence-electron chi connectivity index (χ2n) is 7.36. The minimum Gasteiger partial charge on any atom is -0.347 e. The Morgan fingerprint density at radius 2 is 1.92 bits per heavy atom. The first-order valence-corrected chi connectivity index (χ1v) is 8.90. The maximum Gasteiger partial charge on any atom is 0.325 e. The van der Waals surface area contributed by atoms with E-state index in [1.165, 1.54) is 5.56 Å². The highest BCUT2D eigenvalue weighted by Gasteiger charge is 2.35. The third-order valence-corrected chi connectivity index (χ3v) is 4.63. The average molecular weight is 343 g/mol. The van der Waals surface area contributed by atoms with E-state index in [0.717, 1.165) is 29.7 Å². The van der Waals surface area contributed by atoms with Gasteiger partial charge in [0, 0.05) is 0 Å². The highest BCUT2D eigenvalue weighted by atomic mass is 16.2. The van der Waals surface area contributed by atoms with E-state index < -0.39 is 6.03 Å². The molecule has 0 spiro atoms. The standard InChI is InChI=1S/C19H25N3O3/c1-12(2)9-13-3-5-14(6-4-13)18(15-7-8-15)21-16(23)11-22-17(24)10-20-19(22)25/h3-6,12,15,18H,7-11H2,1-2H3,(H,20,25)(H,21,23). The van der Waals surface area contributed by atoms with Gasteiger partial charge in [-0.2, -0.15) is 0 Å². The second kappa shape index (κ2) is 7.25. The van der Waals surface area contributed by atoms with Crippen LogP contribution in [0.15, 0.2) is 24.3 Å². The van der Waals surface area contributed by atoms with Gasteiger partial charge in [-0.1, -0.05) is 38.1 Å². The SMILES string of the molecule is CC(C)Cc1ccc(C(NC(=O)CN2C(=O)CNC2=O)C2CC2)cc1. The van der Waals surface area contributed by atoms with Crippen LogP contribution >= 0.6 is 0 Å². The van der Waals surface area contributed by atoms with Crippen molar-refractivity contribution in [1.29, 1.82) is 0 Å². The number of carbonyl (C=O) groups is 3. The zero-order valence-corrected chi connectivity index (χ0v) is 14.7. The number of carbonyl (C=O) groups excluding carboxylic acids is 3. The molecule has 6 heteroatoms. The molecule has 4 amide bonds. The molecule has 2 aliphatic rings. The van der Waals surface area contributed by atoms with E-state index in [4.69, 9.17) is 0 Å². The molecule has 1 aliphatic heterocycles. The first kappa shape index (κ1) is 17.5. The van der Waals surface area contributed by atoms with Crippen LogP contribution in [0.25, 0.3) is 0 Å². The Bertz CT molecular complexity index is 649. The molecule has 3 rings (SSSR count). The Labute approximate surface area is 148 Å². The molecular weight excluding hydrogens is 318 g/mol. The number of urea groups is 1. The minimum atomic E-state index is -0.499. The fraction of sp³-hybridized carbons (Fsp3) is 0.526. The van der Waals surface area contributed by atoms with Crippen molar-refractivity contribution in [2.24, 2.45) is 11.8 Å². The molecule has 0 radical (unpaired) electrons. The van der Waals surface area contributed by atoms with Gasteiger partial charge in [0.2, 0.25) is 5.91 Å². The largest absolute Gasteiger partial charge is 0.347 e. The number of nitrogens with one attached hydrogen (secondary N) is 2. The lowest BCUT2D eigenvalue weighted by atomic mass is 9.97. The van der Waals surface area contributed by atoms with Crippen LogP contribution in [0.1, 0.15) is 43.9 Å². The summed E-state index contributed by atoms with van der Waals surface area (Å²) in [5, 5.41) is 5.43. The Kier molecular flexibility index (Phi) is 5.06. The maximum atomic E-state index is 12.3. The monoisotopic (exact) mass is 343 g/mol. The van der Waals surface area contributed by atoms with E-state index in [1.54, 1.807) is 0 Å². The number of rotatable bonds is 7. The number of nitrogens with zero attached hydrogens (tertiary/aromatic N) is 1. The molecule has 1 saturated heterocycles. The van der Waals surface area contributed by atoms with Crippen molar-refractivity contribution in [3.05, 3.63) is 35.4 Å². The van der Waals surface area contributed by atoms with Crippen LogP contribution < -0.4 is 10.6 Å². The van der Waals surface area contributed by atoms with Crippen molar-refractivity contribution < 1.29 is 14.4 Å². The predicted molar refractivity (Wildman–Crippen MR) is 93.7 cm³/mol. The van der Waals surface area contributed by atoms with Crippen molar-refractivity contribution in [2.45, 2.75) is 39.2 Å². The van der Waals surface area contributed by atoms with Crippen molar-refractivity contribution in [1.82, 2.24) is 15.5 Å². The number of benzene rings is 1. The van der Waals surface area contributed by atoms with Crippen LogP contribution in [0, 0.1) is 11.8 Å². The molecule has 2 N–H and O–H groups in total. The number of hydrogen-bond acceptors (Lipinski definition) is 3. The van der Waals surface area contributed by atoms with E-state index in [1.807, 2.05) is 0 Å². The summed E-state index contributed by atoms with van der Waals surface area (Å²) in [6.07, 6.45) is 3.20. The molecule has 1 aromatic carbocycles. The van der Waals surface area contributed by atoms with E-state index in [0.29, 0.717) is 11.8 Å². The highest BCUT2D eigenvalue weighted by Crippen LogP contribution is 2.41. The van der Waals surface area contributed by atoms with Crippen LogP contribution in [0.3, 0.4) is 0 Å². The second-order valence-corrected chi connectivity index (χ2v) is 7.36. The first-order chi connectivity index (χ1) is 11.9. The van der Waals surface area contributed by atoms with Gasteiger partial charge in [0.1, 0.15) is 6.54 Å². The highest BCUT2D eigenvalue weighted by molar-refractivity contribution is 6.04. The molecule has 1 heterocycles. The zero-order chi connectivity index (χ0) is 18.0. The van der Waals surface area contributed by atoms with Crippen molar-refractivity contribution in [3.8, 4) is 0 Å². The van der Waals surface area contributed by atoms with Gasteiger partial charge in [-0.3, -0.25) is 14.5 Å². The van der Waals surface area contributed by atoms with Crippen LogP contribution in [0.4, 0.5) is 4.79 Å². The van der Waals surface area contributed by atoms with Crippen molar-refractivity contribution in [3.63, 3.8) is 0 Å². The van der Waals surface area contributed by atoms with Gasteiger partial charge < -0.3 is 10.6 Å². The van der Waals surface area contributed by atoms with E-state index in [9.17, 15) is 14.4 Å². The molecule has 2 fully saturated rings. The zero-order valence-electron chi connectivity index (χ0n) is 14.7. The smallest absolute Gasteiger partial charge is 0.325 e. The van der Waals surface area contributed by atoms with Crippen LogP contribution in [-0.2, 0) is 16.0 Å². The fourth-order valence-electron chi connectivity index (χ4n) is 3.21. The molecular formula is C19H25N3O3. The van der Waals surface area contributed by atoms with E-state index in [2.05, 4.69) is 48.7 Å². The Hall–Kier alpha value is -2.37. The maximum absolute atomic E-state index is 12.3. The quantitative estimate of drug-likeness (QED) is 0.743. The molecule has 1 aliphatic carbocycles. The first-order valence-electron chi connectivity index (χ1n) is 8.90. The molecule has 25 heavy (non-hydrogen) atoms. The van der Waals surface area contributed by atoms with E-state index >= 15 is 0 Å². The molecule has 1 unspecified atom stereocenters. The van der Waals surface area contributed by atoms with Gasteiger partial charge in [-0.25, -0.2) is 4.79 Å². The Morgan fingerprint density at radius 3 is 2.44 bits per heavy atom. The minimum absolute atomic E-state index is 0.0323. The Balaban J connectivity index is 1.64. The molecule has 0 aromatic heterocycles. The summed E-state index contributed by atoms with van der Waals surface area (Å²) >= 11 is 0. The lowest BCUT2D eigenvalue weighted by molar-refractivity contribution is -0.131. The topological polar surface area (TPSA) is 78.5 Å². The van der Waals surface area contributed by atoms with E-state index in [-0.39, 0.29) is 30.9 Å². The molecule has 1 aromatic rings. The normalized spacial score (nSPS) is 18.4. The average Bonchev–Trinajstić information content (AvgIpc) is 3.35. The number of imide groups is 1. The van der Waals surface area contributed by atoms with Gasteiger partial charge in [-0.05, 0) is 42.2 Å². The molecule has 6 nitrogen and oxygen atoms in total. The molecule has 134 valence electrons. The van der Waals surface area contributed by atoms with Crippen LogP contribution in [-0.4, -0.2) is 35.8 Å². The Morgan fingerprint density at radius 1 is 1.24 bits per heavy atom.